The number of nitrogens with zero attached hydrogens (tertiary/aromatic N) is 1. The number of aliphatic hydroxyl groups excluding tert-OH is 1. The summed E-state index contributed by atoms with van der Waals surface area (Å²) in [6, 6.07) is 3.74. The van der Waals surface area contributed by atoms with Crippen molar-refractivity contribution in [2.24, 2.45) is 0 Å². The molecule has 0 aliphatic heterocycles. The molecule has 0 atom stereocenters. The molecule has 0 heterocycles. The molecule has 1 aromatic rings. The van der Waals surface area contributed by atoms with Crippen LogP contribution in [0, 0.1) is 12.3 Å². The molecular weight excluding hydrogens is 231 g/mol. The van der Waals surface area contributed by atoms with Gasteiger partial charge in [-0.3, -0.25) is 0 Å². The monoisotopic (exact) mass is 243 g/mol. The highest BCUT2D eigenvalue weighted by Crippen LogP contribution is 2.34. The Morgan fingerprint density at radius 3 is 2.53 bits per heavy atom. The van der Waals surface area contributed by atoms with Gasteiger partial charge in [-0.15, -0.1) is 6.42 Å². The van der Waals surface area contributed by atoms with E-state index in [0.717, 1.165) is 6.07 Å². The van der Waals surface area contributed by atoms with Crippen LogP contribution in [0.5, 0.6) is 0 Å². The van der Waals surface area contributed by atoms with Gasteiger partial charge in [-0.1, -0.05) is 12.0 Å². The Kier molecular flexibility index (Phi) is 4.02. The summed E-state index contributed by atoms with van der Waals surface area (Å²) in [7, 11) is 1.61. The minimum Gasteiger partial charge on any atom is -0.392 e. The lowest BCUT2D eigenvalue weighted by Crippen LogP contribution is -2.18. The third-order valence-corrected chi connectivity index (χ3v) is 2.34. The Hall–Kier alpha value is -1.67. The molecule has 17 heavy (non-hydrogen) atoms. The van der Waals surface area contributed by atoms with Crippen molar-refractivity contribution < 1.29 is 18.3 Å². The lowest BCUT2D eigenvalue weighted by atomic mass is 10.1. The molecule has 2 nitrogen and oxygen atoms in total. The molecule has 0 aliphatic rings. The van der Waals surface area contributed by atoms with Crippen molar-refractivity contribution in [1.29, 1.82) is 0 Å². The smallest absolute Gasteiger partial charge is 0.392 e. The Morgan fingerprint density at radius 2 is 2.06 bits per heavy atom. The average Bonchev–Trinajstić information content (AvgIpc) is 2.27. The van der Waals surface area contributed by atoms with Gasteiger partial charge < -0.3 is 10.0 Å². The fraction of sp³-hybridized carbons (Fsp3) is 0.333. The molecule has 0 amide bonds. The van der Waals surface area contributed by atoms with E-state index in [0.29, 0.717) is 5.69 Å². The normalized spacial score (nSPS) is 11.1. The second-order valence-electron chi connectivity index (χ2n) is 3.56. The molecule has 0 saturated heterocycles. The lowest BCUT2D eigenvalue weighted by Gasteiger charge is -2.19. The maximum atomic E-state index is 12.7. The molecule has 1 rings (SSSR count). The number of terminal acetylenes is 1. The Bertz CT molecular complexity index is 434. The van der Waals surface area contributed by atoms with Crippen molar-refractivity contribution in [1.82, 2.24) is 0 Å². The van der Waals surface area contributed by atoms with E-state index in [4.69, 9.17) is 11.5 Å². The number of hydrogen-bond acceptors (Lipinski definition) is 2. The Morgan fingerprint density at radius 1 is 1.41 bits per heavy atom. The summed E-state index contributed by atoms with van der Waals surface area (Å²) < 4.78 is 38.1. The minimum atomic E-state index is -4.48. The highest BCUT2D eigenvalue weighted by atomic mass is 19.4. The van der Waals surface area contributed by atoms with Crippen LogP contribution >= 0.6 is 0 Å². The van der Waals surface area contributed by atoms with Crippen molar-refractivity contribution in [2.75, 3.05) is 18.5 Å². The highest BCUT2D eigenvalue weighted by molar-refractivity contribution is 5.52. The Balaban J connectivity index is 3.19. The number of rotatable bonds is 3. The van der Waals surface area contributed by atoms with E-state index < -0.39 is 18.3 Å². The van der Waals surface area contributed by atoms with Gasteiger partial charge >= 0.3 is 6.18 Å². The number of hydrogen-bond donors (Lipinski definition) is 1. The van der Waals surface area contributed by atoms with Gasteiger partial charge in [0.2, 0.25) is 0 Å². The summed E-state index contributed by atoms with van der Waals surface area (Å²) in [5.74, 6) is 2.35. The molecule has 0 bridgehead atoms. The average molecular weight is 243 g/mol. The van der Waals surface area contributed by atoms with Gasteiger partial charge in [0.1, 0.15) is 0 Å². The molecule has 0 spiro atoms. The molecule has 0 unspecified atom stereocenters. The third kappa shape index (κ3) is 3.14. The number of anilines is 1. The fourth-order valence-corrected chi connectivity index (χ4v) is 1.43. The van der Waals surface area contributed by atoms with Gasteiger partial charge in [-0.05, 0) is 17.7 Å². The van der Waals surface area contributed by atoms with Crippen molar-refractivity contribution >= 4 is 5.69 Å². The molecule has 0 saturated carbocycles. The zero-order valence-electron chi connectivity index (χ0n) is 9.25. The van der Waals surface area contributed by atoms with Crippen LogP contribution in [0.3, 0.4) is 0 Å². The van der Waals surface area contributed by atoms with Crippen molar-refractivity contribution in [3.8, 4) is 12.3 Å². The van der Waals surface area contributed by atoms with E-state index in [1.807, 2.05) is 0 Å². The van der Waals surface area contributed by atoms with Crippen molar-refractivity contribution in [3.05, 3.63) is 29.3 Å². The molecule has 92 valence electrons. The van der Waals surface area contributed by atoms with Gasteiger partial charge in [0, 0.05) is 12.7 Å². The predicted molar refractivity (Wildman–Crippen MR) is 59.5 cm³/mol. The molecular formula is C12H12F3NO. The predicted octanol–water partition coefficient (Wildman–Crippen LogP) is 2.27. The van der Waals surface area contributed by atoms with Crippen LogP contribution < -0.4 is 4.90 Å². The molecule has 0 fully saturated rings. The standard InChI is InChI=1S/C12H12F3NO/c1-3-6-16(2)10-5-4-9(8-17)11(7-10)12(13,14)15/h1,4-5,7,17H,6,8H2,2H3. The molecule has 1 N–H and O–H groups in total. The van der Waals surface area contributed by atoms with Gasteiger partial charge in [0.25, 0.3) is 0 Å². The van der Waals surface area contributed by atoms with Crippen LogP contribution in [0.2, 0.25) is 0 Å². The van der Waals surface area contributed by atoms with E-state index in [-0.39, 0.29) is 12.1 Å². The maximum Gasteiger partial charge on any atom is 0.416 e. The van der Waals surface area contributed by atoms with Crippen LogP contribution in [0.25, 0.3) is 0 Å². The molecule has 0 radical (unpaired) electrons. The summed E-state index contributed by atoms with van der Waals surface area (Å²) in [4.78, 5) is 1.52. The van der Waals surface area contributed by atoms with E-state index in [1.54, 1.807) is 7.05 Å². The van der Waals surface area contributed by atoms with Crippen LogP contribution in [-0.2, 0) is 12.8 Å². The Labute approximate surface area is 97.7 Å². The topological polar surface area (TPSA) is 23.5 Å². The SMILES string of the molecule is C#CCN(C)c1ccc(CO)c(C(F)(F)F)c1. The number of benzene rings is 1. The van der Waals surface area contributed by atoms with Crippen LogP contribution in [0.4, 0.5) is 18.9 Å². The quantitative estimate of drug-likeness (QED) is 0.823. The summed E-state index contributed by atoms with van der Waals surface area (Å²) >= 11 is 0. The van der Waals surface area contributed by atoms with E-state index >= 15 is 0 Å². The fourth-order valence-electron chi connectivity index (χ4n) is 1.43. The summed E-state index contributed by atoms with van der Waals surface area (Å²) in [5.41, 5.74) is -0.607. The third-order valence-electron chi connectivity index (χ3n) is 2.34. The molecule has 1 aromatic carbocycles. The van der Waals surface area contributed by atoms with Crippen LogP contribution in [0.15, 0.2) is 18.2 Å². The van der Waals surface area contributed by atoms with E-state index in [1.165, 1.54) is 17.0 Å². The van der Waals surface area contributed by atoms with Crippen molar-refractivity contribution in [3.63, 3.8) is 0 Å². The summed E-state index contributed by atoms with van der Waals surface area (Å²) in [6.45, 7) is -0.427. The first-order chi connectivity index (χ1) is 7.90. The first kappa shape index (κ1) is 13.4. The first-order valence-corrected chi connectivity index (χ1v) is 4.85. The summed E-state index contributed by atoms with van der Waals surface area (Å²) in [5, 5.41) is 8.87. The van der Waals surface area contributed by atoms with Crippen LogP contribution in [0.1, 0.15) is 11.1 Å². The zero-order chi connectivity index (χ0) is 13.1. The number of aliphatic hydroxyl groups is 1. The largest absolute Gasteiger partial charge is 0.416 e. The minimum absolute atomic E-state index is 0.143. The molecule has 0 aliphatic carbocycles. The first-order valence-electron chi connectivity index (χ1n) is 4.85. The highest BCUT2D eigenvalue weighted by Gasteiger charge is 2.33. The molecule has 0 aromatic heterocycles. The van der Waals surface area contributed by atoms with Gasteiger partial charge in [-0.2, -0.15) is 13.2 Å². The molecule has 5 heteroatoms. The zero-order valence-corrected chi connectivity index (χ0v) is 9.25. The number of halogens is 3. The second-order valence-corrected chi connectivity index (χ2v) is 3.56. The second kappa shape index (κ2) is 5.11. The van der Waals surface area contributed by atoms with Crippen molar-refractivity contribution in [2.45, 2.75) is 12.8 Å². The van der Waals surface area contributed by atoms with Gasteiger partial charge in [-0.25, -0.2) is 0 Å². The number of alkyl halides is 3. The van der Waals surface area contributed by atoms with E-state index in [2.05, 4.69) is 5.92 Å². The summed E-state index contributed by atoms with van der Waals surface area (Å²) in [6.07, 6.45) is 0.612. The van der Waals surface area contributed by atoms with Gasteiger partial charge in [0.05, 0.1) is 18.7 Å². The van der Waals surface area contributed by atoms with Gasteiger partial charge in [0.15, 0.2) is 0 Å². The van der Waals surface area contributed by atoms with E-state index in [9.17, 15) is 13.2 Å². The van der Waals surface area contributed by atoms with Crippen LogP contribution in [-0.4, -0.2) is 18.7 Å². The lowest BCUT2D eigenvalue weighted by molar-refractivity contribution is -0.138. The maximum absolute atomic E-state index is 12.7.